The van der Waals surface area contributed by atoms with Gasteiger partial charge in [0, 0.05) is 24.3 Å². The van der Waals surface area contributed by atoms with E-state index in [2.05, 4.69) is 0 Å². The number of amides is 1. The van der Waals surface area contributed by atoms with E-state index in [-0.39, 0.29) is 5.56 Å². The van der Waals surface area contributed by atoms with Gasteiger partial charge in [0.2, 0.25) is 5.91 Å². The number of hydrogen-bond acceptors (Lipinski definition) is 3. The fourth-order valence-corrected chi connectivity index (χ4v) is 2.20. The summed E-state index contributed by atoms with van der Waals surface area (Å²) < 4.78 is 14.2. The number of primary amides is 1. The minimum atomic E-state index is -0.640. The van der Waals surface area contributed by atoms with E-state index in [9.17, 15) is 9.18 Å². The van der Waals surface area contributed by atoms with Gasteiger partial charge in [-0.3, -0.25) is 4.79 Å². The van der Waals surface area contributed by atoms with Crippen LogP contribution in [0.25, 0.3) is 0 Å². The molecule has 0 aliphatic heterocycles. The van der Waals surface area contributed by atoms with E-state index in [1.807, 2.05) is 36.1 Å². The van der Waals surface area contributed by atoms with Crippen LogP contribution in [-0.4, -0.2) is 12.5 Å². The lowest BCUT2D eigenvalue weighted by molar-refractivity contribution is 0.1000. The van der Waals surface area contributed by atoms with Crippen molar-refractivity contribution in [1.29, 1.82) is 0 Å². The lowest BCUT2D eigenvalue weighted by Gasteiger charge is -2.24. The number of hydrogen-bond donors (Lipinski definition) is 2. The summed E-state index contributed by atoms with van der Waals surface area (Å²) in [5.41, 5.74) is 13.2. The van der Waals surface area contributed by atoms with Crippen LogP contribution >= 0.6 is 0 Å². The van der Waals surface area contributed by atoms with Gasteiger partial charge in [0.25, 0.3) is 0 Å². The van der Waals surface area contributed by atoms with Crippen molar-refractivity contribution < 1.29 is 9.18 Å². The summed E-state index contributed by atoms with van der Waals surface area (Å²) in [5.74, 6) is -1.10. The van der Waals surface area contributed by atoms with Crippen LogP contribution in [0.1, 0.15) is 22.8 Å². The molecular formula is C16H18FN3O. The van der Waals surface area contributed by atoms with Gasteiger partial charge in [0.1, 0.15) is 5.82 Å². The van der Waals surface area contributed by atoms with Crippen molar-refractivity contribution in [1.82, 2.24) is 0 Å². The lowest BCUT2D eigenvalue weighted by Crippen LogP contribution is -2.23. The number of nitrogens with zero attached hydrogens (tertiary/aromatic N) is 1. The monoisotopic (exact) mass is 287 g/mol. The third kappa shape index (κ3) is 3.51. The second kappa shape index (κ2) is 6.26. The number of benzene rings is 2. The van der Waals surface area contributed by atoms with Gasteiger partial charge in [-0.05, 0) is 42.8 Å². The molecule has 0 radical (unpaired) electrons. The van der Waals surface area contributed by atoms with E-state index in [4.69, 9.17) is 11.5 Å². The van der Waals surface area contributed by atoms with Crippen LogP contribution in [0.4, 0.5) is 15.8 Å². The van der Waals surface area contributed by atoms with Crippen molar-refractivity contribution in [3.8, 4) is 0 Å². The van der Waals surface area contributed by atoms with Crippen molar-refractivity contribution in [3.63, 3.8) is 0 Å². The van der Waals surface area contributed by atoms with Gasteiger partial charge >= 0.3 is 0 Å². The Balaban J connectivity index is 2.27. The van der Waals surface area contributed by atoms with Crippen molar-refractivity contribution in [2.24, 2.45) is 5.73 Å². The number of rotatable bonds is 5. The highest BCUT2D eigenvalue weighted by molar-refractivity contribution is 5.93. The Morgan fingerprint density at radius 1 is 1.24 bits per heavy atom. The molecule has 0 aliphatic rings. The summed E-state index contributed by atoms with van der Waals surface area (Å²) in [6.45, 7) is 3.10. The molecule has 1 amide bonds. The third-order valence-electron chi connectivity index (χ3n) is 3.28. The van der Waals surface area contributed by atoms with Crippen molar-refractivity contribution in [2.75, 3.05) is 17.2 Å². The molecule has 0 saturated carbocycles. The molecule has 2 aromatic carbocycles. The third-order valence-corrected chi connectivity index (χ3v) is 3.28. The highest BCUT2D eigenvalue weighted by Gasteiger charge is 2.13. The second-order valence-electron chi connectivity index (χ2n) is 4.79. The van der Waals surface area contributed by atoms with Crippen LogP contribution in [-0.2, 0) is 6.54 Å². The van der Waals surface area contributed by atoms with Gasteiger partial charge in [0.15, 0.2) is 0 Å². The second-order valence-corrected chi connectivity index (χ2v) is 4.79. The van der Waals surface area contributed by atoms with E-state index in [1.165, 1.54) is 12.1 Å². The molecule has 4 N–H and O–H groups in total. The molecule has 2 rings (SSSR count). The molecule has 110 valence electrons. The molecule has 0 spiro atoms. The number of anilines is 2. The number of halogens is 1. The molecule has 2 aromatic rings. The van der Waals surface area contributed by atoms with Crippen LogP contribution in [0.5, 0.6) is 0 Å². The lowest BCUT2D eigenvalue weighted by atomic mass is 10.1. The number of carbonyl (C=O) groups is 1. The molecule has 0 unspecified atom stereocenters. The SMILES string of the molecule is CCN(Cc1cccc(N)c1)c1ccc(C(N)=O)cc1F. The van der Waals surface area contributed by atoms with Gasteiger partial charge in [-0.25, -0.2) is 4.39 Å². The van der Waals surface area contributed by atoms with E-state index < -0.39 is 11.7 Å². The zero-order chi connectivity index (χ0) is 15.4. The fourth-order valence-electron chi connectivity index (χ4n) is 2.20. The smallest absolute Gasteiger partial charge is 0.248 e. The van der Waals surface area contributed by atoms with E-state index in [0.717, 1.165) is 5.56 Å². The largest absolute Gasteiger partial charge is 0.399 e. The molecule has 0 atom stereocenters. The van der Waals surface area contributed by atoms with Crippen molar-refractivity contribution in [2.45, 2.75) is 13.5 Å². The maximum absolute atomic E-state index is 14.2. The van der Waals surface area contributed by atoms with Crippen LogP contribution in [0, 0.1) is 5.82 Å². The Morgan fingerprint density at radius 2 is 2.00 bits per heavy atom. The molecule has 5 heteroatoms. The Kier molecular flexibility index (Phi) is 4.42. The highest BCUT2D eigenvalue weighted by atomic mass is 19.1. The minimum absolute atomic E-state index is 0.163. The van der Waals surface area contributed by atoms with Gasteiger partial charge in [-0.1, -0.05) is 12.1 Å². The number of nitrogen functional groups attached to an aromatic ring is 1. The van der Waals surface area contributed by atoms with E-state index in [0.29, 0.717) is 24.5 Å². The van der Waals surface area contributed by atoms with Crippen LogP contribution in [0.2, 0.25) is 0 Å². The minimum Gasteiger partial charge on any atom is -0.399 e. The standard InChI is InChI=1S/C16H18FN3O/c1-2-20(10-11-4-3-5-13(18)8-11)15-7-6-12(16(19)21)9-14(15)17/h3-9H,2,10,18H2,1H3,(H2,19,21). The number of carbonyl (C=O) groups excluding carboxylic acids is 1. The first-order valence-electron chi connectivity index (χ1n) is 6.70. The molecule has 4 nitrogen and oxygen atoms in total. The summed E-state index contributed by atoms with van der Waals surface area (Å²) in [4.78, 5) is 12.9. The Labute approximate surface area is 123 Å². The van der Waals surface area contributed by atoms with E-state index in [1.54, 1.807) is 6.07 Å². The van der Waals surface area contributed by atoms with Crippen molar-refractivity contribution >= 4 is 17.3 Å². The van der Waals surface area contributed by atoms with Crippen LogP contribution in [0.15, 0.2) is 42.5 Å². The molecular weight excluding hydrogens is 269 g/mol. The predicted octanol–water partition coefficient (Wildman–Crippen LogP) is 2.53. The molecule has 0 heterocycles. The fraction of sp³-hybridized carbons (Fsp3) is 0.188. The van der Waals surface area contributed by atoms with Gasteiger partial charge in [-0.2, -0.15) is 0 Å². The Hall–Kier alpha value is -2.56. The molecule has 0 aromatic heterocycles. The zero-order valence-electron chi connectivity index (χ0n) is 11.8. The first-order chi connectivity index (χ1) is 10.0. The average Bonchev–Trinajstić information content (AvgIpc) is 2.45. The maximum atomic E-state index is 14.2. The summed E-state index contributed by atoms with van der Waals surface area (Å²) in [7, 11) is 0. The van der Waals surface area contributed by atoms with Crippen molar-refractivity contribution in [3.05, 3.63) is 59.4 Å². The predicted molar refractivity (Wildman–Crippen MR) is 82.5 cm³/mol. The molecule has 0 aliphatic carbocycles. The quantitative estimate of drug-likeness (QED) is 0.830. The maximum Gasteiger partial charge on any atom is 0.248 e. The first-order valence-corrected chi connectivity index (χ1v) is 6.70. The van der Waals surface area contributed by atoms with Gasteiger partial charge in [-0.15, -0.1) is 0 Å². The topological polar surface area (TPSA) is 72.3 Å². The first kappa shape index (κ1) is 14.8. The van der Waals surface area contributed by atoms with Crippen LogP contribution in [0.3, 0.4) is 0 Å². The van der Waals surface area contributed by atoms with Crippen LogP contribution < -0.4 is 16.4 Å². The van der Waals surface area contributed by atoms with E-state index >= 15 is 0 Å². The zero-order valence-corrected chi connectivity index (χ0v) is 11.8. The van der Waals surface area contributed by atoms with Gasteiger partial charge < -0.3 is 16.4 Å². The molecule has 0 bridgehead atoms. The summed E-state index contributed by atoms with van der Waals surface area (Å²) in [6.07, 6.45) is 0. The molecule has 0 saturated heterocycles. The normalized spacial score (nSPS) is 10.4. The molecule has 21 heavy (non-hydrogen) atoms. The average molecular weight is 287 g/mol. The summed E-state index contributed by atoms with van der Waals surface area (Å²) in [6, 6.07) is 11.7. The number of nitrogens with two attached hydrogens (primary N) is 2. The summed E-state index contributed by atoms with van der Waals surface area (Å²) >= 11 is 0. The summed E-state index contributed by atoms with van der Waals surface area (Å²) in [5, 5.41) is 0. The highest BCUT2D eigenvalue weighted by Crippen LogP contribution is 2.23. The Morgan fingerprint density at radius 3 is 2.57 bits per heavy atom. The van der Waals surface area contributed by atoms with Gasteiger partial charge in [0.05, 0.1) is 5.69 Å². The molecule has 0 fully saturated rings. The Bertz CT molecular complexity index is 658.